The smallest absolute Gasteiger partial charge is 0.321 e. The second-order valence-corrected chi connectivity index (χ2v) is 9.98. The maximum Gasteiger partial charge on any atom is 0.321 e. The molecule has 0 bridgehead atoms. The lowest BCUT2D eigenvalue weighted by atomic mass is 10.1. The fraction of sp³-hybridized carbons (Fsp3) is 0.483. The number of nitrogens with zero attached hydrogens (tertiary/aromatic N) is 3. The van der Waals surface area contributed by atoms with Crippen LogP contribution in [0.2, 0.25) is 0 Å². The van der Waals surface area contributed by atoms with Crippen molar-refractivity contribution in [3.63, 3.8) is 0 Å². The van der Waals surface area contributed by atoms with Gasteiger partial charge in [-0.05, 0) is 69.0 Å². The molecule has 1 saturated heterocycles. The van der Waals surface area contributed by atoms with Crippen LogP contribution >= 0.6 is 0 Å². The molecule has 0 spiro atoms. The van der Waals surface area contributed by atoms with Gasteiger partial charge in [-0.15, -0.1) is 0 Å². The van der Waals surface area contributed by atoms with Crippen molar-refractivity contribution in [1.29, 1.82) is 0 Å². The maximum atomic E-state index is 13.5. The number of benzene rings is 2. The highest BCUT2D eigenvalue weighted by atomic mass is 16.2. The molecule has 3 rings (SSSR count). The summed E-state index contributed by atoms with van der Waals surface area (Å²) in [5, 5.41) is 5.95. The van der Waals surface area contributed by atoms with Gasteiger partial charge in [0.15, 0.2) is 0 Å². The van der Waals surface area contributed by atoms with E-state index in [1.165, 1.54) is 0 Å². The third kappa shape index (κ3) is 7.71. The Bertz CT molecular complexity index is 1100. The molecule has 0 unspecified atom stereocenters. The molecule has 2 aromatic rings. The van der Waals surface area contributed by atoms with Crippen molar-refractivity contribution in [1.82, 2.24) is 9.80 Å². The van der Waals surface area contributed by atoms with Crippen molar-refractivity contribution < 1.29 is 14.4 Å². The molecule has 200 valence electrons. The van der Waals surface area contributed by atoms with Gasteiger partial charge in [0.1, 0.15) is 0 Å². The first-order chi connectivity index (χ1) is 17.7. The lowest BCUT2D eigenvalue weighted by Crippen LogP contribution is -2.38. The Morgan fingerprint density at radius 2 is 1.65 bits per heavy atom. The van der Waals surface area contributed by atoms with Gasteiger partial charge in [-0.2, -0.15) is 0 Å². The number of hydrogen-bond donors (Lipinski definition) is 2. The molecule has 8 nitrogen and oxygen atoms in total. The van der Waals surface area contributed by atoms with E-state index in [-0.39, 0.29) is 23.8 Å². The van der Waals surface area contributed by atoms with Gasteiger partial charge >= 0.3 is 6.03 Å². The standard InChI is InChI=1S/C29H41N5O3/c1-6-32(7-2)28(36)25-20-24(30-27(35)18-21(3)4)12-13-26(25)33-14-9-15-34(17-16-33)29(37)31-23-11-8-10-22(5)19-23/h8,10-13,19-21H,6-7,9,14-18H2,1-5H3,(H,30,35)(H,31,37). The van der Waals surface area contributed by atoms with Crippen LogP contribution in [0.1, 0.15) is 56.5 Å². The zero-order valence-electron chi connectivity index (χ0n) is 22.8. The quantitative estimate of drug-likeness (QED) is 0.514. The van der Waals surface area contributed by atoms with Crippen LogP contribution in [0.15, 0.2) is 42.5 Å². The number of nitrogens with one attached hydrogen (secondary N) is 2. The SMILES string of the molecule is CCN(CC)C(=O)c1cc(NC(=O)CC(C)C)ccc1N1CCCN(C(=O)Nc2cccc(C)c2)CC1. The van der Waals surface area contributed by atoms with Gasteiger partial charge in [-0.3, -0.25) is 9.59 Å². The van der Waals surface area contributed by atoms with Crippen LogP contribution in [0.25, 0.3) is 0 Å². The molecule has 0 aromatic heterocycles. The highest BCUT2D eigenvalue weighted by Crippen LogP contribution is 2.27. The number of carbonyl (C=O) groups is 3. The van der Waals surface area contributed by atoms with Crippen molar-refractivity contribution in [2.45, 2.75) is 47.5 Å². The van der Waals surface area contributed by atoms with Crippen molar-refractivity contribution in [2.24, 2.45) is 5.92 Å². The summed E-state index contributed by atoms with van der Waals surface area (Å²) >= 11 is 0. The van der Waals surface area contributed by atoms with Gasteiger partial charge < -0.3 is 25.3 Å². The number of urea groups is 1. The van der Waals surface area contributed by atoms with Gasteiger partial charge in [0, 0.05) is 62.8 Å². The monoisotopic (exact) mass is 507 g/mol. The first-order valence-corrected chi connectivity index (χ1v) is 13.3. The average molecular weight is 508 g/mol. The van der Waals surface area contributed by atoms with E-state index in [0.717, 1.165) is 29.9 Å². The average Bonchev–Trinajstić information content (AvgIpc) is 3.10. The molecule has 0 aliphatic carbocycles. The number of amides is 4. The summed E-state index contributed by atoms with van der Waals surface area (Å²) in [4.78, 5) is 44.6. The first kappa shape index (κ1) is 28.0. The Labute approximate surface area is 221 Å². The van der Waals surface area contributed by atoms with Crippen molar-refractivity contribution >= 4 is 34.9 Å². The Hall–Kier alpha value is -3.55. The minimum atomic E-state index is -0.116. The van der Waals surface area contributed by atoms with Gasteiger partial charge in [0.2, 0.25) is 5.91 Å². The van der Waals surface area contributed by atoms with Gasteiger partial charge in [0.25, 0.3) is 5.91 Å². The van der Waals surface area contributed by atoms with Crippen molar-refractivity contribution in [3.8, 4) is 0 Å². The summed E-state index contributed by atoms with van der Waals surface area (Å²) in [6.07, 6.45) is 1.21. The maximum absolute atomic E-state index is 13.5. The van der Waals surface area contributed by atoms with E-state index in [1.54, 1.807) is 11.0 Å². The van der Waals surface area contributed by atoms with E-state index in [1.807, 2.05) is 75.9 Å². The minimum absolute atomic E-state index is 0.0572. The molecule has 1 aliphatic rings. The normalized spacial score (nSPS) is 13.8. The summed E-state index contributed by atoms with van der Waals surface area (Å²) < 4.78 is 0. The fourth-order valence-corrected chi connectivity index (χ4v) is 4.61. The number of carbonyl (C=O) groups excluding carboxylic acids is 3. The molecule has 0 atom stereocenters. The van der Waals surface area contributed by atoms with Crippen LogP contribution in [0.3, 0.4) is 0 Å². The van der Waals surface area contributed by atoms with E-state index in [9.17, 15) is 14.4 Å². The number of hydrogen-bond acceptors (Lipinski definition) is 4. The summed E-state index contributed by atoms with van der Waals surface area (Å²) in [6.45, 7) is 13.7. The number of anilines is 3. The summed E-state index contributed by atoms with van der Waals surface area (Å²) in [5.74, 6) is 0.131. The van der Waals surface area contributed by atoms with Crippen molar-refractivity contribution in [2.75, 3.05) is 54.8 Å². The Morgan fingerprint density at radius 3 is 2.32 bits per heavy atom. The zero-order chi connectivity index (χ0) is 26.9. The molecule has 2 N–H and O–H groups in total. The Morgan fingerprint density at radius 1 is 0.919 bits per heavy atom. The summed E-state index contributed by atoms with van der Waals surface area (Å²) in [7, 11) is 0. The molecule has 1 heterocycles. The van der Waals surface area contributed by atoms with E-state index < -0.39 is 0 Å². The fourth-order valence-electron chi connectivity index (χ4n) is 4.61. The van der Waals surface area contributed by atoms with Gasteiger partial charge in [-0.25, -0.2) is 4.79 Å². The van der Waals surface area contributed by atoms with E-state index >= 15 is 0 Å². The predicted molar refractivity (Wildman–Crippen MR) is 150 cm³/mol. The van der Waals surface area contributed by atoms with Crippen LogP contribution in [0, 0.1) is 12.8 Å². The molecular formula is C29H41N5O3. The second-order valence-electron chi connectivity index (χ2n) is 9.98. The highest BCUT2D eigenvalue weighted by molar-refractivity contribution is 6.02. The van der Waals surface area contributed by atoms with Crippen molar-refractivity contribution in [3.05, 3.63) is 53.6 Å². The van der Waals surface area contributed by atoms with Crippen LogP contribution in [0.5, 0.6) is 0 Å². The minimum Gasteiger partial charge on any atom is -0.369 e. The van der Waals surface area contributed by atoms with E-state index in [2.05, 4.69) is 15.5 Å². The molecule has 2 aromatic carbocycles. The third-order valence-electron chi connectivity index (χ3n) is 6.55. The lowest BCUT2D eigenvalue weighted by Gasteiger charge is -2.28. The topological polar surface area (TPSA) is 85.0 Å². The van der Waals surface area contributed by atoms with Gasteiger partial charge in [-0.1, -0.05) is 26.0 Å². The summed E-state index contributed by atoms with van der Waals surface area (Å²) in [6, 6.07) is 13.2. The molecule has 0 saturated carbocycles. The van der Waals surface area contributed by atoms with Gasteiger partial charge in [0.05, 0.1) is 5.56 Å². The molecule has 1 fully saturated rings. The summed E-state index contributed by atoms with van der Waals surface area (Å²) in [5.41, 5.74) is 3.91. The molecule has 4 amide bonds. The first-order valence-electron chi connectivity index (χ1n) is 13.3. The van der Waals surface area contributed by atoms with Crippen LogP contribution < -0.4 is 15.5 Å². The van der Waals surface area contributed by atoms with E-state index in [0.29, 0.717) is 50.4 Å². The second kappa shape index (κ2) is 13.1. The zero-order valence-corrected chi connectivity index (χ0v) is 22.8. The predicted octanol–water partition coefficient (Wildman–Crippen LogP) is 5.21. The highest BCUT2D eigenvalue weighted by Gasteiger charge is 2.25. The van der Waals surface area contributed by atoms with Crippen LogP contribution in [0.4, 0.5) is 21.9 Å². The molecule has 8 heteroatoms. The van der Waals surface area contributed by atoms with Crippen LogP contribution in [-0.2, 0) is 4.79 Å². The molecular weight excluding hydrogens is 466 g/mol. The third-order valence-corrected chi connectivity index (χ3v) is 6.55. The van der Waals surface area contributed by atoms with Crippen LogP contribution in [-0.4, -0.2) is 66.9 Å². The largest absolute Gasteiger partial charge is 0.369 e. The lowest BCUT2D eigenvalue weighted by molar-refractivity contribution is -0.116. The molecule has 37 heavy (non-hydrogen) atoms. The number of aryl methyl sites for hydroxylation is 1. The molecule has 1 aliphatic heterocycles. The number of rotatable bonds is 8. The Balaban J connectivity index is 1.79. The Kier molecular flexibility index (Phi) is 9.94. The van der Waals surface area contributed by atoms with E-state index in [4.69, 9.17) is 0 Å². The molecule has 0 radical (unpaired) electrons.